The molecule has 1 aliphatic rings. The number of nitrogens with zero attached hydrogens (tertiary/aromatic N) is 1. The Morgan fingerprint density at radius 2 is 1.81 bits per heavy atom. The molecule has 0 spiro atoms. The van der Waals surface area contributed by atoms with E-state index in [4.69, 9.17) is 9.47 Å². The van der Waals surface area contributed by atoms with Gasteiger partial charge in [0.2, 0.25) is 12.7 Å². The molecule has 27 heavy (non-hydrogen) atoms. The molecule has 0 unspecified atom stereocenters. The van der Waals surface area contributed by atoms with Crippen LogP contribution in [0.2, 0.25) is 0 Å². The molecule has 142 valence electrons. The molecule has 3 rings (SSSR count). The summed E-state index contributed by atoms with van der Waals surface area (Å²) in [5.74, 6) is 0.570. The summed E-state index contributed by atoms with van der Waals surface area (Å²) in [5.41, 5.74) is 1.42. The van der Waals surface area contributed by atoms with Crippen molar-refractivity contribution >= 4 is 11.8 Å². The van der Waals surface area contributed by atoms with Crippen LogP contribution < -0.4 is 14.8 Å². The molecule has 0 radical (unpaired) electrons. The minimum Gasteiger partial charge on any atom is -0.454 e. The molecule has 6 nitrogen and oxygen atoms in total. The van der Waals surface area contributed by atoms with Gasteiger partial charge in [0.05, 0.1) is 0 Å². The van der Waals surface area contributed by atoms with Gasteiger partial charge in [-0.05, 0) is 42.3 Å². The van der Waals surface area contributed by atoms with E-state index in [9.17, 15) is 14.0 Å². The zero-order valence-electron chi connectivity index (χ0n) is 15.0. The van der Waals surface area contributed by atoms with Crippen LogP contribution in [0.3, 0.4) is 0 Å². The highest BCUT2D eigenvalue weighted by Gasteiger charge is 2.16. The van der Waals surface area contributed by atoms with Crippen molar-refractivity contribution in [3.05, 3.63) is 59.4 Å². The Morgan fingerprint density at radius 1 is 1.07 bits per heavy atom. The highest BCUT2D eigenvalue weighted by Crippen LogP contribution is 2.32. The van der Waals surface area contributed by atoms with Gasteiger partial charge in [-0.3, -0.25) is 9.59 Å². The number of hydrogen-bond acceptors (Lipinski definition) is 4. The number of halogens is 1. The number of hydrogen-bond donors (Lipinski definition) is 1. The van der Waals surface area contributed by atoms with Crippen molar-refractivity contribution in [3.8, 4) is 11.5 Å². The van der Waals surface area contributed by atoms with Crippen LogP contribution >= 0.6 is 0 Å². The van der Waals surface area contributed by atoms with E-state index < -0.39 is 0 Å². The van der Waals surface area contributed by atoms with Crippen molar-refractivity contribution in [3.63, 3.8) is 0 Å². The van der Waals surface area contributed by atoms with E-state index in [0.717, 1.165) is 5.56 Å². The van der Waals surface area contributed by atoms with Gasteiger partial charge in [-0.25, -0.2) is 4.39 Å². The van der Waals surface area contributed by atoms with Gasteiger partial charge >= 0.3 is 0 Å². The molecule has 0 fully saturated rings. The standard InChI is InChI=1S/C20H21FN2O4/c1-14(24)23(10-8-15-2-5-17(21)6-3-15)11-9-22-20(25)16-4-7-18-19(12-16)27-13-26-18/h2-7,12H,8-11,13H2,1H3,(H,22,25). The summed E-state index contributed by atoms with van der Waals surface area (Å²) in [5, 5.41) is 2.80. The van der Waals surface area contributed by atoms with E-state index in [2.05, 4.69) is 5.32 Å². The summed E-state index contributed by atoms with van der Waals surface area (Å²) >= 11 is 0. The van der Waals surface area contributed by atoms with Gasteiger partial charge in [0.1, 0.15) is 5.82 Å². The summed E-state index contributed by atoms with van der Waals surface area (Å²) in [6.45, 7) is 2.87. The van der Waals surface area contributed by atoms with Gasteiger partial charge in [-0.15, -0.1) is 0 Å². The maximum atomic E-state index is 12.9. The number of rotatable bonds is 7. The van der Waals surface area contributed by atoms with Crippen molar-refractivity contribution in [1.82, 2.24) is 10.2 Å². The molecular formula is C20H21FN2O4. The van der Waals surface area contributed by atoms with Gasteiger partial charge in [0, 0.05) is 32.1 Å². The van der Waals surface area contributed by atoms with Gasteiger partial charge < -0.3 is 19.7 Å². The first kappa shape index (κ1) is 18.7. The largest absolute Gasteiger partial charge is 0.454 e. The minimum atomic E-state index is -0.284. The lowest BCUT2D eigenvalue weighted by molar-refractivity contribution is -0.128. The average molecular weight is 372 g/mol. The highest BCUT2D eigenvalue weighted by atomic mass is 19.1. The third-order valence-corrected chi connectivity index (χ3v) is 4.33. The van der Waals surface area contributed by atoms with Gasteiger partial charge in [-0.2, -0.15) is 0 Å². The predicted octanol–water partition coefficient (Wildman–Crippen LogP) is 2.38. The smallest absolute Gasteiger partial charge is 0.251 e. The van der Waals surface area contributed by atoms with Gasteiger partial charge in [0.25, 0.3) is 5.91 Å². The number of amides is 2. The third-order valence-electron chi connectivity index (χ3n) is 4.33. The van der Waals surface area contributed by atoms with Crippen LogP contribution in [0.25, 0.3) is 0 Å². The van der Waals surface area contributed by atoms with Crippen molar-refractivity contribution in [1.29, 1.82) is 0 Å². The highest BCUT2D eigenvalue weighted by molar-refractivity contribution is 5.94. The molecule has 0 aromatic heterocycles. The number of carbonyl (C=O) groups is 2. The van der Waals surface area contributed by atoms with Crippen LogP contribution in [0.5, 0.6) is 11.5 Å². The molecule has 7 heteroatoms. The first-order chi connectivity index (χ1) is 13.0. The first-order valence-corrected chi connectivity index (χ1v) is 8.71. The third kappa shape index (κ3) is 4.97. The number of fused-ring (bicyclic) bond motifs is 1. The minimum absolute atomic E-state index is 0.0746. The summed E-state index contributed by atoms with van der Waals surface area (Å²) in [6, 6.07) is 11.2. The van der Waals surface area contributed by atoms with Gasteiger partial charge in [-0.1, -0.05) is 12.1 Å². The van der Waals surface area contributed by atoms with Crippen LogP contribution in [-0.2, 0) is 11.2 Å². The number of benzene rings is 2. The first-order valence-electron chi connectivity index (χ1n) is 8.71. The van der Waals surface area contributed by atoms with E-state index in [0.29, 0.717) is 43.1 Å². The number of nitrogens with one attached hydrogen (secondary N) is 1. The molecule has 1 N–H and O–H groups in total. The lowest BCUT2D eigenvalue weighted by Gasteiger charge is -2.21. The Labute approximate surface area is 156 Å². The monoisotopic (exact) mass is 372 g/mol. The average Bonchev–Trinajstić information content (AvgIpc) is 3.13. The van der Waals surface area contributed by atoms with Crippen molar-refractivity contribution in [2.75, 3.05) is 26.4 Å². The second-order valence-corrected chi connectivity index (χ2v) is 6.21. The molecule has 0 saturated heterocycles. The fraction of sp³-hybridized carbons (Fsp3) is 0.300. The lowest BCUT2D eigenvalue weighted by atomic mass is 10.1. The number of ether oxygens (including phenoxy) is 2. The zero-order chi connectivity index (χ0) is 19.2. The molecule has 1 heterocycles. The second kappa shape index (κ2) is 8.53. The maximum Gasteiger partial charge on any atom is 0.251 e. The van der Waals surface area contributed by atoms with Crippen LogP contribution in [0.4, 0.5) is 4.39 Å². The Balaban J connectivity index is 1.48. The van der Waals surface area contributed by atoms with Crippen molar-refractivity contribution in [2.24, 2.45) is 0 Å². The summed E-state index contributed by atoms with van der Waals surface area (Å²) < 4.78 is 23.4. The second-order valence-electron chi connectivity index (χ2n) is 6.21. The normalized spacial score (nSPS) is 11.9. The fourth-order valence-electron chi connectivity index (χ4n) is 2.79. The Kier molecular flexibility index (Phi) is 5.90. The Morgan fingerprint density at radius 3 is 2.56 bits per heavy atom. The summed E-state index contributed by atoms with van der Waals surface area (Å²) in [6.07, 6.45) is 0.621. The van der Waals surface area contributed by atoms with E-state index in [1.807, 2.05) is 0 Å². The zero-order valence-corrected chi connectivity index (χ0v) is 15.0. The van der Waals surface area contributed by atoms with Crippen LogP contribution in [-0.4, -0.2) is 43.1 Å². The molecule has 0 bridgehead atoms. The van der Waals surface area contributed by atoms with E-state index in [1.165, 1.54) is 19.1 Å². The fourth-order valence-corrected chi connectivity index (χ4v) is 2.79. The van der Waals surface area contributed by atoms with E-state index >= 15 is 0 Å². The quantitative estimate of drug-likeness (QED) is 0.810. The molecule has 2 aromatic carbocycles. The summed E-state index contributed by atoms with van der Waals surface area (Å²) in [4.78, 5) is 25.7. The molecule has 0 atom stereocenters. The lowest BCUT2D eigenvalue weighted by Crippen LogP contribution is -2.38. The number of carbonyl (C=O) groups excluding carboxylic acids is 2. The summed E-state index contributed by atoms with van der Waals surface area (Å²) in [7, 11) is 0. The molecule has 0 saturated carbocycles. The molecule has 1 aliphatic heterocycles. The topological polar surface area (TPSA) is 67.9 Å². The molecular weight excluding hydrogens is 351 g/mol. The van der Waals surface area contributed by atoms with Crippen LogP contribution in [0.1, 0.15) is 22.8 Å². The van der Waals surface area contributed by atoms with E-state index in [-0.39, 0.29) is 24.4 Å². The predicted molar refractivity (Wildman–Crippen MR) is 97.3 cm³/mol. The Hall–Kier alpha value is -3.09. The van der Waals surface area contributed by atoms with Gasteiger partial charge in [0.15, 0.2) is 11.5 Å². The van der Waals surface area contributed by atoms with Crippen molar-refractivity contribution < 1.29 is 23.5 Å². The molecule has 2 aromatic rings. The maximum absolute atomic E-state index is 12.9. The Bertz CT molecular complexity index is 823. The molecule has 0 aliphatic carbocycles. The van der Waals surface area contributed by atoms with E-state index in [1.54, 1.807) is 35.2 Å². The van der Waals surface area contributed by atoms with Crippen LogP contribution in [0, 0.1) is 5.82 Å². The van der Waals surface area contributed by atoms with Crippen LogP contribution in [0.15, 0.2) is 42.5 Å². The van der Waals surface area contributed by atoms with Crippen molar-refractivity contribution in [2.45, 2.75) is 13.3 Å². The molecule has 2 amide bonds. The SMILES string of the molecule is CC(=O)N(CCNC(=O)c1ccc2c(c1)OCO2)CCc1ccc(F)cc1.